The summed E-state index contributed by atoms with van der Waals surface area (Å²) in [6.45, 7) is 2.02. The fourth-order valence-electron chi connectivity index (χ4n) is 4.46. The number of carbonyl (C=O) groups is 1. The number of halogens is 3. The molecule has 1 aliphatic carbocycles. The Labute approximate surface area is 212 Å². The van der Waals surface area contributed by atoms with Crippen LogP contribution in [-0.4, -0.2) is 66.7 Å². The van der Waals surface area contributed by atoms with Crippen molar-refractivity contribution in [3.05, 3.63) is 35.5 Å². The molecule has 0 atom stereocenters. The second kappa shape index (κ2) is 11.8. The lowest BCUT2D eigenvalue weighted by Crippen LogP contribution is -2.42. The zero-order valence-electron chi connectivity index (χ0n) is 20.4. The van der Waals surface area contributed by atoms with Gasteiger partial charge in [0.25, 0.3) is 0 Å². The maximum absolute atomic E-state index is 13.3. The summed E-state index contributed by atoms with van der Waals surface area (Å²) in [6, 6.07) is 2.46. The number of anilines is 2. The third-order valence-electron chi connectivity index (χ3n) is 6.32. The SMILES string of the molecule is COc1c(CO)cc(C(F)(F)F)cc1NC(=O)N[C@H]1CC[C@H](Oc2ccnc(N3CCOCC3)n2)CC1. The van der Waals surface area contributed by atoms with Crippen molar-refractivity contribution in [2.45, 2.75) is 50.6 Å². The third kappa shape index (κ3) is 6.92. The lowest BCUT2D eigenvalue weighted by molar-refractivity contribution is -0.137. The number of alkyl halides is 3. The molecule has 1 saturated heterocycles. The third-order valence-corrected chi connectivity index (χ3v) is 6.32. The smallest absolute Gasteiger partial charge is 0.416 e. The van der Waals surface area contributed by atoms with Gasteiger partial charge in [0.2, 0.25) is 11.8 Å². The lowest BCUT2D eigenvalue weighted by Gasteiger charge is -2.30. The fraction of sp³-hybridized carbons (Fsp3) is 0.542. The number of rotatable bonds is 7. The number of amides is 2. The number of urea groups is 1. The molecule has 0 spiro atoms. The van der Waals surface area contributed by atoms with Gasteiger partial charge in [-0.15, -0.1) is 0 Å². The molecule has 0 unspecified atom stereocenters. The Morgan fingerprint density at radius 1 is 1.22 bits per heavy atom. The van der Waals surface area contributed by atoms with Crippen LogP contribution in [0.15, 0.2) is 24.4 Å². The van der Waals surface area contributed by atoms with Gasteiger partial charge in [0.1, 0.15) is 11.9 Å². The van der Waals surface area contributed by atoms with Gasteiger partial charge in [0.15, 0.2) is 0 Å². The maximum atomic E-state index is 13.3. The minimum Gasteiger partial charge on any atom is -0.494 e. The Kier molecular flexibility index (Phi) is 8.54. The van der Waals surface area contributed by atoms with Crippen molar-refractivity contribution in [1.82, 2.24) is 15.3 Å². The van der Waals surface area contributed by atoms with Crippen LogP contribution in [0.5, 0.6) is 11.6 Å². The van der Waals surface area contributed by atoms with Gasteiger partial charge in [-0.1, -0.05) is 0 Å². The molecule has 0 bridgehead atoms. The van der Waals surface area contributed by atoms with Gasteiger partial charge < -0.3 is 34.9 Å². The van der Waals surface area contributed by atoms with Crippen molar-refractivity contribution in [3.63, 3.8) is 0 Å². The van der Waals surface area contributed by atoms with Gasteiger partial charge in [-0.25, -0.2) is 9.78 Å². The van der Waals surface area contributed by atoms with Crippen LogP contribution in [0.1, 0.15) is 36.8 Å². The summed E-state index contributed by atoms with van der Waals surface area (Å²) in [5.41, 5.74) is -1.24. The van der Waals surface area contributed by atoms with Crippen LogP contribution < -0.4 is 25.0 Å². The number of benzene rings is 1. The first kappa shape index (κ1) is 26.7. The highest BCUT2D eigenvalue weighted by Gasteiger charge is 2.33. The van der Waals surface area contributed by atoms with E-state index in [0.717, 1.165) is 25.2 Å². The standard InChI is InChI=1S/C24H30F3N5O5/c1-35-21-15(14-33)12-16(24(25,26)27)13-19(21)30-23(34)29-17-2-4-18(5-3-17)37-20-6-7-28-22(31-20)32-8-10-36-11-9-32/h6-7,12-13,17-18,33H,2-5,8-11,14H2,1H3,(H2,29,30,34)/t17-,18-. The van der Waals surface area contributed by atoms with Gasteiger partial charge in [0, 0.05) is 37.0 Å². The molecular formula is C24H30F3N5O5. The zero-order valence-corrected chi connectivity index (χ0v) is 20.4. The summed E-state index contributed by atoms with van der Waals surface area (Å²) in [6.07, 6.45) is -0.470. The Hall–Kier alpha value is -3.32. The number of hydrogen-bond acceptors (Lipinski definition) is 8. The summed E-state index contributed by atoms with van der Waals surface area (Å²) in [5, 5.41) is 14.7. The number of nitrogens with zero attached hydrogens (tertiary/aromatic N) is 3. The van der Waals surface area contributed by atoms with Crippen molar-refractivity contribution in [1.29, 1.82) is 0 Å². The van der Waals surface area contributed by atoms with Crippen molar-refractivity contribution in [2.75, 3.05) is 43.6 Å². The quantitative estimate of drug-likeness (QED) is 0.504. The van der Waals surface area contributed by atoms with Gasteiger partial charge in [-0.3, -0.25) is 0 Å². The van der Waals surface area contributed by atoms with Crippen LogP contribution in [0, 0.1) is 0 Å². The first-order valence-electron chi connectivity index (χ1n) is 12.1. The molecule has 4 rings (SSSR count). The number of aliphatic hydroxyl groups is 1. The van der Waals surface area contributed by atoms with E-state index in [1.165, 1.54) is 7.11 Å². The van der Waals surface area contributed by atoms with Crippen LogP contribution in [0.4, 0.5) is 29.6 Å². The van der Waals surface area contributed by atoms with E-state index in [1.54, 1.807) is 12.3 Å². The summed E-state index contributed by atoms with van der Waals surface area (Å²) in [4.78, 5) is 23.5. The van der Waals surface area contributed by atoms with Crippen LogP contribution in [-0.2, 0) is 17.5 Å². The molecule has 2 heterocycles. The first-order chi connectivity index (χ1) is 17.8. The molecule has 2 aromatic rings. The first-order valence-corrected chi connectivity index (χ1v) is 12.1. The molecule has 37 heavy (non-hydrogen) atoms. The van der Waals surface area contributed by atoms with Crippen LogP contribution in [0.3, 0.4) is 0 Å². The molecule has 202 valence electrons. The molecule has 10 nitrogen and oxygen atoms in total. The lowest BCUT2D eigenvalue weighted by atomic mass is 9.93. The molecule has 1 aromatic carbocycles. The predicted octanol–water partition coefficient (Wildman–Crippen LogP) is 3.34. The second-order valence-corrected chi connectivity index (χ2v) is 8.86. The molecule has 13 heteroatoms. The van der Waals surface area contributed by atoms with Gasteiger partial charge in [-0.2, -0.15) is 18.2 Å². The molecule has 3 N–H and O–H groups in total. The molecule has 0 radical (unpaired) electrons. The normalized spacial score (nSPS) is 20.3. The molecule has 2 amide bonds. The number of ether oxygens (including phenoxy) is 3. The highest BCUT2D eigenvalue weighted by molar-refractivity contribution is 5.91. The number of aliphatic hydroxyl groups excluding tert-OH is 1. The minimum atomic E-state index is -4.64. The summed E-state index contributed by atoms with van der Waals surface area (Å²) in [5.74, 6) is 1.06. The molecular weight excluding hydrogens is 495 g/mol. The molecule has 2 fully saturated rings. The maximum Gasteiger partial charge on any atom is 0.416 e. The van der Waals surface area contributed by atoms with E-state index in [1.807, 2.05) is 4.90 Å². The Morgan fingerprint density at radius 2 is 1.95 bits per heavy atom. The van der Waals surface area contributed by atoms with E-state index >= 15 is 0 Å². The highest BCUT2D eigenvalue weighted by Crippen LogP contribution is 2.38. The van der Waals surface area contributed by atoms with Crippen LogP contribution in [0.2, 0.25) is 0 Å². The van der Waals surface area contributed by atoms with Gasteiger partial charge >= 0.3 is 12.2 Å². The second-order valence-electron chi connectivity index (χ2n) is 8.86. The molecule has 1 saturated carbocycles. The van der Waals surface area contributed by atoms with E-state index in [-0.39, 0.29) is 29.1 Å². The van der Waals surface area contributed by atoms with Crippen LogP contribution in [0.25, 0.3) is 0 Å². The molecule has 1 aliphatic heterocycles. The van der Waals surface area contributed by atoms with Crippen molar-refractivity contribution in [3.8, 4) is 11.6 Å². The fourth-order valence-corrected chi connectivity index (χ4v) is 4.46. The van der Waals surface area contributed by atoms with E-state index in [0.29, 0.717) is 50.7 Å². The highest BCUT2D eigenvalue weighted by atomic mass is 19.4. The van der Waals surface area contributed by atoms with Gasteiger partial charge in [0.05, 0.1) is 38.2 Å². The van der Waals surface area contributed by atoms with E-state index in [2.05, 4.69) is 20.6 Å². The molecule has 1 aromatic heterocycles. The number of hydrogen-bond donors (Lipinski definition) is 3. The Balaban J connectivity index is 1.31. The summed E-state index contributed by atoms with van der Waals surface area (Å²) < 4.78 is 56.3. The number of nitrogens with one attached hydrogen (secondary N) is 2. The average molecular weight is 526 g/mol. The molecule has 2 aliphatic rings. The topological polar surface area (TPSA) is 118 Å². The summed E-state index contributed by atoms with van der Waals surface area (Å²) in [7, 11) is 1.26. The Bertz CT molecular complexity index is 1070. The van der Waals surface area contributed by atoms with Crippen molar-refractivity contribution >= 4 is 17.7 Å². The Morgan fingerprint density at radius 3 is 2.59 bits per heavy atom. The zero-order chi connectivity index (χ0) is 26.4. The predicted molar refractivity (Wildman–Crippen MR) is 128 cm³/mol. The van der Waals surface area contributed by atoms with Gasteiger partial charge in [-0.05, 0) is 37.8 Å². The average Bonchev–Trinajstić information content (AvgIpc) is 2.89. The largest absolute Gasteiger partial charge is 0.494 e. The number of carbonyl (C=O) groups excluding carboxylic acids is 1. The van der Waals surface area contributed by atoms with Crippen LogP contribution >= 0.6 is 0 Å². The monoisotopic (exact) mass is 525 g/mol. The van der Waals surface area contributed by atoms with Crippen molar-refractivity contribution in [2.24, 2.45) is 0 Å². The number of aromatic nitrogens is 2. The summed E-state index contributed by atoms with van der Waals surface area (Å²) >= 11 is 0. The van der Waals surface area contributed by atoms with Crippen molar-refractivity contribution < 1.29 is 37.3 Å². The number of methoxy groups -OCH3 is 1. The van der Waals surface area contributed by atoms with E-state index < -0.39 is 24.4 Å². The number of morpholine rings is 1. The van der Waals surface area contributed by atoms with E-state index in [4.69, 9.17) is 14.2 Å². The minimum absolute atomic E-state index is 0.0240. The van der Waals surface area contributed by atoms with E-state index in [9.17, 15) is 23.1 Å².